The fourth-order valence-electron chi connectivity index (χ4n) is 2.25. The zero-order chi connectivity index (χ0) is 17.2. The summed E-state index contributed by atoms with van der Waals surface area (Å²) in [6.45, 7) is 0.196. The van der Waals surface area contributed by atoms with E-state index in [2.05, 4.69) is 0 Å². The van der Waals surface area contributed by atoms with Gasteiger partial charge in [0.25, 0.3) is 5.69 Å². The molecule has 1 saturated heterocycles. The van der Waals surface area contributed by atoms with Crippen LogP contribution in [0.4, 0.5) is 5.69 Å². The molecule has 9 heteroatoms. The van der Waals surface area contributed by atoms with Gasteiger partial charge in [-0.2, -0.15) is 0 Å². The summed E-state index contributed by atoms with van der Waals surface area (Å²) >= 11 is 5.96. The Morgan fingerprint density at radius 2 is 2.00 bits per heavy atom. The van der Waals surface area contributed by atoms with Crippen molar-refractivity contribution < 1.29 is 23.1 Å². The van der Waals surface area contributed by atoms with E-state index in [0.717, 1.165) is 5.56 Å². The molecule has 24 heavy (non-hydrogen) atoms. The van der Waals surface area contributed by atoms with E-state index in [1.54, 1.807) is 18.2 Å². The lowest BCUT2D eigenvalue weighted by atomic mass is 10.1. The fourth-order valence-corrected chi connectivity index (χ4v) is 3.85. The second-order valence-electron chi connectivity index (χ2n) is 5.06. The van der Waals surface area contributed by atoms with Gasteiger partial charge in [0.2, 0.25) is 0 Å². The zero-order valence-electron chi connectivity index (χ0n) is 12.3. The van der Waals surface area contributed by atoms with Crippen molar-refractivity contribution in [3.63, 3.8) is 0 Å². The first-order chi connectivity index (χ1) is 11.5. The highest BCUT2D eigenvalue weighted by molar-refractivity contribution is 7.49. The maximum Gasteiger partial charge on any atom is 0.530 e. The van der Waals surface area contributed by atoms with E-state index < -0.39 is 18.8 Å². The molecule has 0 N–H and O–H groups in total. The molecule has 0 bridgehead atoms. The third-order valence-electron chi connectivity index (χ3n) is 3.37. The van der Waals surface area contributed by atoms with E-state index in [-0.39, 0.29) is 18.0 Å². The second kappa shape index (κ2) is 6.91. The molecule has 0 spiro atoms. The first-order valence-corrected chi connectivity index (χ1v) is 8.91. The smallest absolute Gasteiger partial charge is 0.404 e. The Morgan fingerprint density at radius 3 is 2.67 bits per heavy atom. The molecule has 0 aromatic heterocycles. The first-order valence-electron chi connectivity index (χ1n) is 7.08. The van der Waals surface area contributed by atoms with Crippen LogP contribution in [-0.4, -0.2) is 11.5 Å². The van der Waals surface area contributed by atoms with Crippen LogP contribution in [0.15, 0.2) is 48.5 Å². The maximum absolute atomic E-state index is 12.7. The predicted molar refractivity (Wildman–Crippen MR) is 87.2 cm³/mol. The van der Waals surface area contributed by atoms with Crippen molar-refractivity contribution in [2.45, 2.75) is 12.5 Å². The number of nitro benzene ring substituents is 1. The molecule has 0 aliphatic carbocycles. The third kappa shape index (κ3) is 3.94. The number of nitrogens with zero attached hydrogens (tertiary/aromatic N) is 1. The summed E-state index contributed by atoms with van der Waals surface area (Å²) in [5, 5.41) is 11.2. The van der Waals surface area contributed by atoms with Gasteiger partial charge in [-0.25, -0.2) is 4.57 Å². The van der Waals surface area contributed by atoms with Crippen LogP contribution in [0.5, 0.6) is 5.75 Å². The molecule has 2 atom stereocenters. The van der Waals surface area contributed by atoms with Crippen molar-refractivity contribution >= 4 is 25.1 Å². The quantitative estimate of drug-likeness (QED) is 0.432. The minimum absolute atomic E-state index is 0.0945. The topological polar surface area (TPSA) is 87.9 Å². The molecule has 3 rings (SSSR count). The van der Waals surface area contributed by atoms with Crippen LogP contribution >= 0.6 is 19.4 Å². The Labute approximate surface area is 142 Å². The molecule has 7 nitrogen and oxygen atoms in total. The summed E-state index contributed by atoms with van der Waals surface area (Å²) in [5.41, 5.74) is 0.682. The number of hydrogen-bond donors (Lipinski definition) is 0. The van der Waals surface area contributed by atoms with Gasteiger partial charge in [-0.05, 0) is 29.8 Å². The number of non-ortho nitro benzene ring substituents is 1. The number of phosphoric acid groups is 1. The van der Waals surface area contributed by atoms with Crippen LogP contribution in [-0.2, 0) is 13.6 Å². The average Bonchev–Trinajstić information content (AvgIpc) is 2.55. The van der Waals surface area contributed by atoms with Crippen molar-refractivity contribution in [3.8, 4) is 5.75 Å². The lowest BCUT2D eigenvalue weighted by Gasteiger charge is -2.29. The second-order valence-corrected chi connectivity index (χ2v) is 7.04. The van der Waals surface area contributed by atoms with E-state index in [1.807, 2.05) is 6.07 Å². The highest BCUT2D eigenvalue weighted by Gasteiger charge is 2.37. The SMILES string of the molecule is O=[N+]([O-])c1ccc(O[P@@]2(=O)OCC[C@H](c3cccc(Cl)c3)O2)cc1. The van der Waals surface area contributed by atoms with Gasteiger partial charge < -0.3 is 4.52 Å². The van der Waals surface area contributed by atoms with Crippen LogP contribution in [0.25, 0.3) is 0 Å². The summed E-state index contributed by atoms with van der Waals surface area (Å²) in [5.74, 6) is 0.163. The van der Waals surface area contributed by atoms with Crippen molar-refractivity contribution in [2.75, 3.05) is 6.61 Å². The summed E-state index contributed by atoms with van der Waals surface area (Å²) in [6, 6.07) is 12.2. The Bertz CT molecular complexity index is 797. The largest absolute Gasteiger partial charge is 0.530 e. The molecule has 1 heterocycles. The third-order valence-corrected chi connectivity index (χ3v) is 5.05. The Balaban J connectivity index is 1.75. The zero-order valence-corrected chi connectivity index (χ0v) is 14.0. The van der Waals surface area contributed by atoms with Gasteiger partial charge in [-0.1, -0.05) is 23.7 Å². The van der Waals surface area contributed by atoms with Crippen molar-refractivity contribution in [1.29, 1.82) is 0 Å². The first kappa shape index (κ1) is 16.9. The van der Waals surface area contributed by atoms with Crippen LogP contribution in [0.2, 0.25) is 5.02 Å². The number of benzene rings is 2. The molecule has 1 fully saturated rings. The molecule has 126 valence electrons. The van der Waals surface area contributed by atoms with Gasteiger partial charge in [-0.3, -0.25) is 19.2 Å². The highest BCUT2D eigenvalue weighted by atomic mass is 35.5. The van der Waals surface area contributed by atoms with Gasteiger partial charge >= 0.3 is 7.82 Å². The van der Waals surface area contributed by atoms with Gasteiger partial charge in [0.05, 0.1) is 17.6 Å². The van der Waals surface area contributed by atoms with Crippen molar-refractivity contribution in [1.82, 2.24) is 0 Å². The van der Waals surface area contributed by atoms with E-state index in [4.69, 9.17) is 25.2 Å². The van der Waals surface area contributed by atoms with E-state index >= 15 is 0 Å². The van der Waals surface area contributed by atoms with Crippen LogP contribution < -0.4 is 4.52 Å². The van der Waals surface area contributed by atoms with Gasteiger partial charge in [0.1, 0.15) is 5.75 Å². The minimum atomic E-state index is -3.82. The fraction of sp³-hybridized carbons (Fsp3) is 0.200. The summed E-state index contributed by atoms with van der Waals surface area (Å²) in [4.78, 5) is 10.1. The van der Waals surface area contributed by atoms with Gasteiger partial charge in [0.15, 0.2) is 0 Å². The number of rotatable bonds is 4. The molecule has 0 radical (unpaired) electrons. The minimum Gasteiger partial charge on any atom is -0.404 e. The molecule has 0 saturated carbocycles. The van der Waals surface area contributed by atoms with Crippen molar-refractivity contribution in [2.24, 2.45) is 0 Å². The summed E-state index contributed by atoms with van der Waals surface area (Å²) in [6.07, 6.45) is 0.0369. The van der Waals surface area contributed by atoms with Crippen LogP contribution in [0, 0.1) is 10.1 Å². The summed E-state index contributed by atoms with van der Waals surface area (Å²) < 4.78 is 28.7. The average molecular weight is 370 g/mol. The van der Waals surface area contributed by atoms with Crippen LogP contribution in [0.1, 0.15) is 18.1 Å². The van der Waals surface area contributed by atoms with E-state index in [0.29, 0.717) is 11.4 Å². The number of phosphoric ester groups is 1. The van der Waals surface area contributed by atoms with Crippen molar-refractivity contribution in [3.05, 3.63) is 69.2 Å². The summed E-state index contributed by atoms with van der Waals surface area (Å²) in [7, 11) is -3.82. The molecule has 1 aliphatic rings. The normalized spacial score (nSPS) is 23.6. The van der Waals surface area contributed by atoms with E-state index in [1.165, 1.54) is 24.3 Å². The molecular weight excluding hydrogens is 357 g/mol. The highest BCUT2D eigenvalue weighted by Crippen LogP contribution is 2.56. The number of hydrogen-bond acceptors (Lipinski definition) is 6. The van der Waals surface area contributed by atoms with Gasteiger partial charge in [0, 0.05) is 23.6 Å². The maximum atomic E-state index is 12.7. The molecular formula is C15H13ClNO6P. The lowest BCUT2D eigenvalue weighted by molar-refractivity contribution is -0.384. The number of halogens is 1. The number of nitro groups is 1. The lowest BCUT2D eigenvalue weighted by Crippen LogP contribution is -2.16. The van der Waals surface area contributed by atoms with Crippen LogP contribution in [0.3, 0.4) is 0 Å². The molecule has 0 amide bonds. The molecule has 1 aliphatic heterocycles. The predicted octanol–water partition coefficient (Wildman–Crippen LogP) is 4.91. The Kier molecular flexibility index (Phi) is 4.87. The molecule has 0 unspecified atom stereocenters. The monoisotopic (exact) mass is 369 g/mol. The molecule has 2 aromatic carbocycles. The Hall–Kier alpha value is -1.92. The Morgan fingerprint density at radius 1 is 1.25 bits per heavy atom. The van der Waals surface area contributed by atoms with Gasteiger partial charge in [-0.15, -0.1) is 0 Å². The standard InChI is InChI=1S/C15H13ClNO6P/c16-12-3-1-2-11(10-12)15-8-9-21-24(20,23-15)22-14-6-4-13(5-7-14)17(18)19/h1-7,10,15H,8-9H2/t15-,24-/m1/s1. The molecule has 2 aromatic rings. The van der Waals surface area contributed by atoms with E-state index in [9.17, 15) is 14.7 Å².